The van der Waals surface area contributed by atoms with E-state index in [2.05, 4.69) is 14.9 Å². The Hall–Kier alpha value is -1.66. The van der Waals surface area contributed by atoms with Crippen LogP contribution < -0.4 is 5.32 Å². The number of rotatable bonds is 2. The standard InChI is InChI=1S/C9H6ClN3O2S/c10-5-1-2-6(7(14)3-5)12-9(15)8-4-11-13-16-8/h1-4,14H,(H,12,15). The van der Waals surface area contributed by atoms with Gasteiger partial charge in [0, 0.05) is 11.1 Å². The predicted molar refractivity (Wildman–Crippen MR) is 61.0 cm³/mol. The molecule has 0 saturated carbocycles. The normalized spacial score (nSPS) is 10.1. The van der Waals surface area contributed by atoms with Crippen LogP contribution in [0.4, 0.5) is 5.69 Å². The molecule has 1 aromatic carbocycles. The lowest BCUT2D eigenvalue weighted by atomic mass is 10.3. The zero-order valence-corrected chi connectivity index (χ0v) is 9.42. The van der Waals surface area contributed by atoms with E-state index >= 15 is 0 Å². The number of anilines is 1. The minimum Gasteiger partial charge on any atom is -0.506 e. The van der Waals surface area contributed by atoms with E-state index in [0.717, 1.165) is 11.5 Å². The number of aromatic hydroxyl groups is 1. The number of phenolic OH excluding ortho intramolecular Hbond substituents is 1. The summed E-state index contributed by atoms with van der Waals surface area (Å²) in [7, 11) is 0. The lowest BCUT2D eigenvalue weighted by Gasteiger charge is -2.05. The van der Waals surface area contributed by atoms with Crippen LogP contribution in [0, 0.1) is 0 Å². The Morgan fingerprint density at radius 3 is 2.94 bits per heavy atom. The monoisotopic (exact) mass is 255 g/mol. The van der Waals surface area contributed by atoms with Gasteiger partial charge in [0.1, 0.15) is 10.6 Å². The summed E-state index contributed by atoms with van der Waals surface area (Å²) in [6.45, 7) is 0. The first-order valence-electron chi connectivity index (χ1n) is 4.24. The smallest absolute Gasteiger partial charge is 0.269 e. The molecule has 0 unspecified atom stereocenters. The van der Waals surface area contributed by atoms with Crippen LogP contribution >= 0.6 is 23.1 Å². The van der Waals surface area contributed by atoms with Crippen molar-refractivity contribution in [3.8, 4) is 5.75 Å². The SMILES string of the molecule is O=C(Nc1ccc(Cl)cc1O)c1cnns1. The van der Waals surface area contributed by atoms with Gasteiger partial charge < -0.3 is 10.4 Å². The summed E-state index contributed by atoms with van der Waals surface area (Å²) >= 11 is 6.64. The van der Waals surface area contributed by atoms with Crippen LogP contribution in [0.1, 0.15) is 9.67 Å². The number of carbonyl (C=O) groups excluding carboxylic acids is 1. The van der Waals surface area contributed by atoms with Gasteiger partial charge in [-0.15, -0.1) is 5.10 Å². The second-order valence-electron chi connectivity index (χ2n) is 2.90. The van der Waals surface area contributed by atoms with Crippen molar-refractivity contribution < 1.29 is 9.90 Å². The number of nitrogens with one attached hydrogen (secondary N) is 1. The number of hydrogen-bond acceptors (Lipinski definition) is 5. The van der Waals surface area contributed by atoms with Gasteiger partial charge in [-0.2, -0.15) is 0 Å². The maximum Gasteiger partial charge on any atom is 0.269 e. The van der Waals surface area contributed by atoms with Gasteiger partial charge in [-0.05, 0) is 23.7 Å². The molecule has 0 fully saturated rings. The number of benzene rings is 1. The summed E-state index contributed by atoms with van der Waals surface area (Å²) in [5.74, 6) is -0.453. The van der Waals surface area contributed by atoms with E-state index in [-0.39, 0.29) is 11.7 Å². The van der Waals surface area contributed by atoms with Crippen molar-refractivity contribution in [2.24, 2.45) is 0 Å². The Balaban J connectivity index is 2.18. The number of phenols is 1. The second-order valence-corrected chi connectivity index (χ2v) is 4.12. The molecular formula is C9H6ClN3O2S. The van der Waals surface area contributed by atoms with Crippen molar-refractivity contribution >= 4 is 34.7 Å². The quantitative estimate of drug-likeness (QED) is 0.807. The van der Waals surface area contributed by atoms with Crippen LogP contribution in [-0.4, -0.2) is 20.6 Å². The zero-order valence-electron chi connectivity index (χ0n) is 7.85. The first kappa shape index (κ1) is 10.8. The Kier molecular flexibility index (Phi) is 3.02. The number of aromatic nitrogens is 2. The molecular weight excluding hydrogens is 250 g/mol. The number of hydrogen-bond donors (Lipinski definition) is 2. The molecule has 0 aliphatic heterocycles. The second kappa shape index (κ2) is 4.46. The molecule has 2 N–H and O–H groups in total. The minimum atomic E-state index is -0.368. The summed E-state index contributed by atoms with van der Waals surface area (Å²) in [6.07, 6.45) is 1.35. The van der Waals surface area contributed by atoms with Crippen LogP contribution in [0.5, 0.6) is 5.75 Å². The van der Waals surface area contributed by atoms with E-state index in [1.165, 1.54) is 18.3 Å². The molecule has 0 radical (unpaired) electrons. The van der Waals surface area contributed by atoms with E-state index in [4.69, 9.17) is 11.6 Å². The first-order valence-corrected chi connectivity index (χ1v) is 5.39. The van der Waals surface area contributed by atoms with Crippen LogP contribution in [0.25, 0.3) is 0 Å². The Morgan fingerprint density at radius 2 is 2.31 bits per heavy atom. The van der Waals surface area contributed by atoms with Gasteiger partial charge in [0.15, 0.2) is 0 Å². The molecule has 2 aromatic rings. The van der Waals surface area contributed by atoms with Crippen LogP contribution in [0.15, 0.2) is 24.4 Å². The fourth-order valence-electron chi connectivity index (χ4n) is 1.06. The van der Waals surface area contributed by atoms with Crippen LogP contribution in [-0.2, 0) is 0 Å². The van der Waals surface area contributed by atoms with Gasteiger partial charge in [-0.1, -0.05) is 16.1 Å². The van der Waals surface area contributed by atoms with Crippen molar-refractivity contribution in [3.05, 3.63) is 34.3 Å². The molecule has 2 rings (SSSR count). The fourth-order valence-corrected chi connectivity index (χ4v) is 1.64. The third kappa shape index (κ3) is 2.29. The van der Waals surface area contributed by atoms with Gasteiger partial charge in [0.05, 0.1) is 11.9 Å². The van der Waals surface area contributed by atoms with Crippen molar-refractivity contribution in [2.75, 3.05) is 5.32 Å². The van der Waals surface area contributed by atoms with Crippen molar-refractivity contribution in [2.45, 2.75) is 0 Å². The van der Waals surface area contributed by atoms with E-state index in [9.17, 15) is 9.90 Å². The highest BCUT2D eigenvalue weighted by atomic mass is 35.5. The lowest BCUT2D eigenvalue weighted by Crippen LogP contribution is -2.10. The van der Waals surface area contributed by atoms with Crippen LogP contribution in [0.2, 0.25) is 5.02 Å². The van der Waals surface area contributed by atoms with E-state index in [1.807, 2.05) is 0 Å². The molecule has 0 bridgehead atoms. The highest BCUT2D eigenvalue weighted by Crippen LogP contribution is 2.27. The van der Waals surface area contributed by atoms with Crippen molar-refractivity contribution in [1.82, 2.24) is 9.59 Å². The summed E-state index contributed by atoms with van der Waals surface area (Å²) in [4.78, 5) is 12.0. The minimum absolute atomic E-state index is 0.0849. The molecule has 0 aliphatic carbocycles. The highest BCUT2D eigenvalue weighted by Gasteiger charge is 2.11. The number of halogens is 1. The Bertz CT molecular complexity index is 515. The Morgan fingerprint density at radius 1 is 1.50 bits per heavy atom. The highest BCUT2D eigenvalue weighted by molar-refractivity contribution is 7.07. The molecule has 0 atom stereocenters. The van der Waals surface area contributed by atoms with Gasteiger partial charge in [0.25, 0.3) is 5.91 Å². The van der Waals surface area contributed by atoms with Crippen molar-refractivity contribution in [1.29, 1.82) is 0 Å². The summed E-state index contributed by atoms with van der Waals surface area (Å²) < 4.78 is 3.57. The molecule has 1 amide bonds. The third-order valence-electron chi connectivity index (χ3n) is 1.79. The van der Waals surface area contributed by atoms with E-state index in [1.54, 1.807) is 6.07 Å². The molecule has 0 aliphatic rings. The molecule has 7 heteroatoms. The number of carbonyl (C=O) groups is 1. The molecule has 1 aromatic heterocycles. The molecule has 0 spiro atoms. The summed E-state index contributed by atoms with van der Waals surface area (Å²) in [5, 5.41) is 16.0. The van der Waals surface area contributed by atoms with Crippen LogP contribution in [0.3, 0.4) is 0 Å². The molecule has 0 saturated heterocycles. The molecule has 5 nitrogen and oxygen atoms in total. The van der Waals surface area contributed by atoms with Gasteiger partial charge in [0.2, 0.25) is 0 Å². The van der Waals surface area contributed by atoms with Gasteiger partial charge in [-0.25, -0.2) is 0 Å². The average Bonchev–Trinajstić information content (AvgIpc) is 2.75. The lowest BCUT2D eigenvalue weighted by molar-refractivity contribution is 0.103. The number of amides is 1. The molecule has 16 heavy (non-hydrogen) atoms. The first-order chi connectivity index (χ1) is 7.66. The van der Waals surface area contributed by atoms with E-state index in [0.29, 0.717) is 15.6 Å². The average molecular weight is 256 g/mol. The van der Waals surface area contributed by atoms with E-state index < -0.39 is 0 Å². The third-order valence-corrected chi connectivity index (χ3v) is 2.69. The zero-order chi connectivity index (χ0) is 11.5. The predicted octanol–water partition coefficient (Wildman–Crippen LogP) is 2.15. The van der Waals surface area contributed by atoms with Gasteiger partial charge in [-0.3, -0.25) is 4.79 Å². The topological polar surface area (TPSA) is 75.1 Å². The van der Waals surface area contributed by atoms with Crippen molar-refractivity contribution in [3.63, 3.8) is 0 Å². The largest absolute Gasteiger partial charge is 0.506 e. The van der Waals surface area contributed by atoms with Gasteiger partial charge >= 0.3 is 0 Å². The maximum absolute atomic E-state index is 11.6. The Labute approximate surface area is 99.9 Å². The molecule has 82 valence electrons. The summed E-state index contributed by atoms with van der Waals surface area (Å²) in [5.41, 5.74) is 0.294. The number of nitrogens with zero attached hydrogens (tertiary/aromatic N) is 2. The molecule has 1 heterocycles. The summed E-state index contributed by atoms with van der Waals surface area (Å²) in [6, 6.07) is 4.44. The fraction of sp³-hybridized carbons (Fsp3) is 0. The maximum atomic E-state index is 11.6.